The average Bonchev–Trinajstić information content (AvgIpc) is 2.32. The van der Waals surface area contributed by atoms with Crippen molar-refractivity contribution in [2.24, 2.45) is 0 Å². The molecule has 0 unspecified atom stereocenters. The highest BCUT2D eigenvalue weighted by Gasteiger charge is 2.06. The Balaban J connectivity index is 2.68. The summed E-state index contributed by atoms with van der Waals surface area (Å²) in [6.45, 7) is 0. The normalized spacial score (nSPS) is 13.1. The van der Waals surface area contributed by atoms with E-state index < -0.39 is 5.28 Å². The third-order valence-corrected chi connectivity index (χ3v) is 3.00. The third-order valence-electron chi connectivity index (χ3n) is 1.98. The molecule has 0 radical (unpaired) electrons. The van der Waals surface area contributed by atoms with Gasteiger partial charge >= 0.3 is 0 Å². The van der Waals surface area contributed by atoms with Gasteiger partial charge in [0, 0.05) is 20.4 Å². The molecule has 0 aliphatic rings. The Morgan fingerprint density at radius 2 is 2.31 bits per heavy atom. The Morgan fingerprint density at radius 3 is 2.94 bits per heavy atom. The molecule has 0 saturated carbocycles. The van der Waals surface area contributed by atoms with Crippen LogP contribution in [0.5, 0.6) is 0 Å². The van der Waals surface area contributed by atoms with Crippen molar-refractivity contribution in [3.63, 3.8) is 0 Å². The molecule has 2 aromatic heterocycles. The van der Waals surface area contributed by atoms with Crippen LogP contribution in [-0.4, -0.2) is 9.55 Å². The minimum absolute atomic E-state index is 0.283. The van der Waals surface area contributed by atoms with Gasteiger partial charge in [-0.2, -0.15) is 0 Å². The van der Waals surface area contributed by atoms with Crippen LogP contribution in [0.1, 0.15) is 8.30 Å². The van der Waals surface area contributed by atoms with Gasteiger partial charge in [-0.05, 0) is 39.7 Å². The zero-order valence-corrected chi connectivity index (χ0v) is 11.2. The van der Waals surface area contributed by atoms with Crippen molar-refractivity contribution in [3.05, 3.63) is 57.0 Å². The second kappa shape index (κ2) is 4.93. The Hall–Kier alpha value is -0.940. The van der Waals surface area contributed by atoms with E-state index in [-0.39, 0.29) is 10.0 Å². The molecular formula is C11H8Br2N2O. The minimum atomic E-state index is -1.71. The highest BCUT2D eigenvalue weighted by atomic mass is 79.9. The van der Waals surface area contributed by atoms with E-state index in [0.29, 0.717) is 11.4 Å². The summed E-state index contributed by atoms with van der Waals surface area (Å²) >= 11 is 6.07. The molecular weight excluding hydrogens is 336 g/mol. The smallest absolute Gasteiger partial charge is 0.268 e. The monoisotopic (exact) mass is 344 g/mol. The van der Waals surface area contributed by atoms with Crippen molar-refractivity contribution in [2.45, 2.75) is 5.28 Å². The van der Waals surface area contributed by atoms with Gasteiger partial charge in [0.15, 0.2) is 0 Å². The van der Waals surface area contributed by atoms with E-state index in [1.54, 1.807) is 24.4 Å². The second-order valence-corrected chi connectivity index (χ2v) is 4.29. The first-order valence-electron chi connectivity index (χ1n) is 5.42. The van der Waals surface area contributed by atoms with Crippen LogP contribution in [0.25, 0.3) is 5.82 Å². The van der Waals surface area contributed by atoms with Crippen molar-refractivity contribution >= 4 is 31.9 Å². The molecule has 16 heavy (non-hydrogen) atoms. The zero-order valence-electron chi connectivity index (χ0n) is 10.0. The lowest BCUT2D eigenvalue weighted by molar-refractivity contribution is 0.921. The molecule has 3 nitrogen and oxygen atoms in total. The molecule has 0 aliphatic carbocycles. The average molecular weight is 346 g/mol. The molecule has 5 heteroatoms. The van der Waals surface area contributed by atoms with Crippen molar-refractivity contribution in [3.8, 4) is 5.82 Å². The molecule has 82 valence electrons. The largest absolute Gasteiger partial charge is 0.270 e. The highest BCUT2D eigenvalue weighted by molar-refractivity contribution is 9.10. The van der Waals surface area contributed by atoms with Crippen LogP contribution in [-0.2, 0) is 5.28 Å². The van der Waals surface area contributed by atoms with Gasteiger partial charge in [0.25, 0.3) is 5.56 Å². The Labute approximate surface area is 112 Å². The summed E-state index contributed by atoms with van der Waals surface area (Å²) in [6.07, 6.45) is 3.01. The van der Waals surface area contributed by atoms with Gasteiger partial charge in [0.2, 0.25) is 0 Å². The number of alkyl halides is 1. The summed E-state index contributed by atoms with van der Waals surface area (Å²) in [5, 5.41) is -1.71. The van der Waals surface area contributed by atoms with Gasteiger partial charge in [0.05, 0.1) is 4.47 Å². The topological polar surface area (TPSA) is 34.9 Å². The summed E-state index contributed by atoms with van der Waals surface area (Å²) < 4.78 is 16.8. The van der Waals surface area contributed by atoms with Crippen LogP contribution >= 0.6 is 31.9 Å². The third kappa shape index (κ3) is 2.25. The van der Waals surface area contributed by atoms with Gasteiger partial charge < -0.3 is 0 Å². The van der Waals surface area contributed by atoms with Crippen molar-refractivity contribution in [2.75, 3.05) is 0 Å². The fourth-order valence-corrected chi connectivity index (χ4v) is 1.92. The number of aromatic nitrogens is 2. The van der Waals surface area contributed by atoms with Gasteiger partial charge in [-0.15, -0.1) is 0 Å². The first-order valence-corrected chi connectivity index (χ1v) is 6.01. The maximum atomic E-state index is 12.0. The molecule has 2 aromatic rings. The van der Waals surface area contributed by atoms with E-state index in [0.717, 1.165) is 0 Å². The predicted molar refractivity (Wildman–Crippen MR) is 70.2 cm³/mol. The Kier molecular flexibility index (Phi) is 2.81. The van der Waals surface area contributed by atoms with Crippen LogP contribution in [0.2, 0.25) is 0 Å². The number of hydrogen-bond donors (Lipinski definition) is 0. The SMILES string of the molecule is [2H]C([2H])(Br)c1cc(Br)c(=O)n(-c2ccccn2)c1. The van der Waals surface area contributed by atoms with Gasteiger partial charge in [-0.25, -0.2) is 4.98 Å². The molecule has 0 saturated heterocycles. The minimum Gasteiger partial charge on any atom is -0.268 e. The highest BCUT2D eigenvalue weighted by Crippen LogP contribution is 2.12. The lowest BCUT2D eigenvalue weighted by Gasteiger charge is -2.06. The summed E-state index contributed by atoms with van der Waals surface area (Å²) in [5.74, 6) is 0.446. The number of rotatable bonds is 2. The summed E-state index contributed by atoms with van der Waals surface area (Å²) in [5.41, 5.74) is 0.0498. The van der Waals surface area contributed by atoms with E-state index in [1.807, 2.05) is 0 Å². The van der Waals surface area contributed by atoms with Crippen molar-refractivity contribution in [1.29, 1.82) is 0 Å². The van der Waals surface area contributed by atoms with E-state index in [9.17, 15) is 4.79 Å². The predicted octanol–water partition coefficient (Wildman–Crippen LogP) is 2.89. The molecule has 2 rings (SSSR count). The van der Waals surface area contributed by atoms with Crippen LogP contribution in [0.15, 0.2) is 45.9 Å². The molecule has 0 fully saturated rings. The first-order chi connectivity index (χ1) is 8.39. The van der Waals surface area contributed by atoms with E-state index in [2.05, 4.69) is 36.8 Å². The molecule has 0 atom stereocenters. The molecule has 0 N–H and O–H groups in total. The summed E-state index contributed by atoms with van der Waals surface area (Å²) in [7, 11) is 0. The molecule has 0 bridgehead atoms. The molecule has 0 amide bonds. The van der Waals surface area contributed by atoms with Gasteiger partial charge in [-0.3, -0.25) is 9.36 Å². The molecule has 0 aromatic carbocycles. The first kappa shape index (κ1) is 9.13. The Morgan fingerprint density at radius 1 is 1.50 bits per heavy atom. The quantitative estimate of drug-likeness (QED) is 0.784. The van der Waals surface area contributed by atoms with Gasteiger partial charge in [-0.1, -0.05) is 22.0 Å². The summed E-state index contributed by atoms with van der Waals surface area (Å²) in [4.78, 5) is 16.1. The fourth-order valence-electron chi connectivity index (χ4n) is 1.27. The molecule has 2 heterocycles. The molecule has 0 spiro atoms. The zero-order chi connectivity index (χ0) is 13.3. The van der Waals surface area contributed by atoms with Crippen LogP contribution in [0.3, 0.4) is 0 Å². The second-order valence-electron chi connectivity index (χ2n) is 3.03. The molecule has 0 aliphatic heterocycles. The van der Waals surface area contributed by atoms with Crippen LogP contribution < -0.4 is 5.56 Å². The number of nitrogens with zero attached hydrogens (tertiary/aromatic N) is 2. The lowest BCUT2D eigenvalue weighted by atomic mass is 10.3. The number of halogens is 2. The Bertz CT molecular complexity index is 623. The van der Waals surface area contributed by atoms with E-state index in [1.165, 1.54) is 16.8 Å². The van der Waals surface area contributed by atoms with Crippen molar-refractivity contribution < 1.29 is 2.74 Å². The van der Waals surface area contributed by atoms with Crippen LogP contribution in [0.4, 0.5) is 0 Å². The fraction of sp³-hybridized carbons (Fsp3) is 0.0909. The maximum absolute atomic E-state index is 12.0. The summed E-state index contributed by atoms with van der Waals surface area (Å²) in [6, 6.07) is 6.65. The van der Waals surface area contributed by atoms with E-state index >= 15 is 0 Å². The van der Waals surface area contributed by atoms with Crippen LogP contribution in [0, 0.1) is 0 Å². The van der Waals surface area contributed by atoms with Crippen molar-refractivity contribution in [1.82, 2.24) is 9.55 Å². The maximum Gasteiger partial charge on any atom is 0.270 e. The lowest BCUT2D eigenvalue weighted by Crippen LogP contribution is -2.19. The standard InChI is InChI=1S/C11H8Br2N2O/c12-6-8-5-9(13)11(16)15(7-8)10-3-1-2-4-14-10/h1-5,7H,6H2/i6D2. The van der Waals surface area contributed by atoms with E-state index in [4.69, 9.17) is 2.74 Å². The van der Waals surface area contributed by atoms with Gasteiger partial charge in [0.1, 0.15) is 5.82 Å². The number of pyridine rings is 2. The number of hydrogen-bond acceptors (Lipinski definition) is 2.